The lowest BCUT2D eigenvalue weighted by Crippen LogP contribution is -2.07. The van der Waals surface area contributed by atoms with Crippen molar-refractivity contribution < 1.29 is 4.79 Å². The van der Waals surface area contributed by atoms with Crippen LogP contribution in [0.2, 0.25) is 0 Å². The van der Waals surface area contributed by atoms with Gasteiger partial charge in [0.05, 0.1) is 12.1 Å². The summed E-state index contributed by atoms with van der Waals surface area (Å²) in [4.78, 5) is 11.8. The number of carbonyl (C=O) groups is 1. The molecule has 0 spiro atoms. The number of hydrogen-bond acceptors (Lipinski definition) is 4. The molecule has 5 nitrogen and oxygen atoms in total. The second kappa shape index (κ2) is 4.78. The van der Waals surface area contributed by atoms with E-state index in [1.807, 2.05) is 12.1 Å². The van der Waals surface area contributed by atoms with Crippen molar-refractivity contribution in [3.63, 3.8) is 0 Å². The van der Waals surface area contributed by atoms with Crippen molar-refractivity contribution >= 4 is 11.5 Å². The average molecular weight is 230 g/mol. The van der Waals surface area contributed by atoms with Crippen LogP contribution in [0.4, 0.5) is 5.69 Å². The van der Waals surface area contributed by atoms with Crippen LogP contribution in [0, 0.1) is 0 Å². The van der Waals surface area contributed by atoms with Gasteiger partial charge in [-0.1, -0.05) is 17.3 Å². The van der Waals surface area contributed by atoms with Gasteiger partial charge in [0, 0.05) is 25.4 Å². The van der Waals surface area contributed by atoms with Crippen molar-refractivity contribution in [3.05, 3.63) is 41.7 Å². The Morgan fingerprint density at radius 3 is 2.59 bits per heavy atom. The molecule has 0 unspecified atom stereocenters. The minimum absolute atomic E-state index is 0.121. The predicted molar refractivity (Wildman–Crippen MR) is 64.3 cm³/mol. The molecule has 2 rings (SSSR count). The van der Waals surface area contributed by atoms with Crippen LogP contribution in [0.3, 0.4) is 0 Å². The molecule has 1 aromatic heterocycles. The van der Waals surface area contributed by atoms with Crippen molar-refractivity contribution in [1.29, 1.82) is 0 Å². The van der Waals surface area contributed by atoms with Gasteiger partial charge in [0.2, 0.25) is 0 Å². The molecule has 0 saturated carbocycles. The van der Waals surface area contributed by atoms with E-state index in [9.17, 15) is 4.79 Å². The van der Waals surface area contributed by atoms with E-state index in [0.29, 0.717) is 24.2 Å². The van der Waals surface area contributed by atoms with Gasteiger partial charge in [-0.05, 0) is 17.7 Å². The third-order valence-corrected chi connectivity index (χ3v) is 2.41. The van der Waals surface area contributed by atoms with E-state index in [2.05, 4.69) is 10.3 Å². The number of nitrogen functional groups attached to an aromatic ring is 1. The number of nitrogens with zero attached hydrogens (tertiary/aromatic N) is 3. The molecule has 0 bridgehead atoms. The zero-order valence-electron chi connectivity index (χ0n) is 9.63. The number of rotatable bonds is 4. The molecule has 0 fully saturated rings. The first kappa shape index (κ1) is 11.3. The fourth-order valence-corrected chi connectivity index (χ4v) is 1.60. The first-order valence-corrected chi connectivity index (χ1v) is 5.35. The van der Waals surface area contributed by atoms with E-state index in [0.717, 1.165) is 5.56 Å². The summed E-state index contributed by atoms with van der Waals surface area (Å²) < 4.78 is 1.59. The predicted octanol–water partition coefficient (Wildman–Crippen LogP) is 0.752. The third-order valence-electron chi connectivity index (χ3n) is 2.41. The lowest BCUT2D eigenvalue weighted by Gasteiger charge is -2.00. The molecule has 0 aliphatic carbocycles. The van der Waals surface area contributed by atoms with Crippen LogP contribution >= 0.6 is 0 Å². The topological polar surface area (TPSA) is 73.8 Å². The lowest BCUT2D eigenvalue weighted by molar-refractivity contribution is -0.117. The minimum atomic E-state index is 0.121. The minimum Gasteiger partial charge on any atom is -0.399 e. The maximum atomic E-state index is 11.8. The van der Waals surface area contributed by atoms with Crippen LogP contribution in [0.15, 0.2) is 30.5 Å². The Bertz CT molecular complexity index is 516. The van der Waals surface area contributed by atoms with E-state index < -0.39 is 0 Å². The standard InChI is InChI=1S/C12H14N4O/c1-16-8-11(14-15-16)7-12(17)6-9-2-4-10(13)5-3-9/h2-5,8H,6-7,13H2,1H3. The highest BCUT2D eigenvalue weighted by molar-refractivity contribution is 5.82. The van der Waals surface area contributed by atoms with Gasteiger partial charge in [-0.15, -0.1) is 5.10 Å². The number of benzene rings is 1. The first-order valence-electron chi connectivity index (χ1n) is 5.35. The van der Waals surface area contributed by atoms with Crippen LogP contribution in [-0.4, -0.2) is 20.8 Å². The summed E-state index contributed by atoms with van der Waals surface area (Å²) in [5, 5.41) is 7.67. The van der Waals surface area contributed by atoms with Gasteiger partial charge in [-0.25, -0.2) is 0 Å². The largest absolute Gasteiger partial charge is 0.399 e. The van der Waals surface area contributed by atoms with Gasteiger partial charge in [0.1, 0.15) is 5.78 Å². The average Bonchev–Trinajstić information content (AvgIpc) is 2.67. The maximum absolute atomic E-state index is 11.8. The molecule has 0 saturated heterocycles. The Morgan fingerprint density at radius 2 is 2.00 bits per heavy atom. The summed E-state index contributed by atoms with van der Waals surface area (Å²) in [5.41, 5.74) is 7.95. The van der Waals surface area contributed by atoms with Crippen LogP contribution in [0.1, 0.15) is 11.3 Å². The van der Waals surface area contributed by atoms with Crippen molar-refractivity contribution in [1.82, 2.24) is 15.0 Å². The fourth-order valence-electron chi connectivity index (χ4n) is 1.60. The number of aryl methyl sites for hydroxylation is 1. The zero-order chi connectivity index (χ0) is 12.3. The van der Waals surface area contributed by atoms with E-state index in [1.54, 1.807) is 30.1 Å². The number of aromatic nitrogens is 3. The Balaban J connectivity index is 1.95. The number of nitrogens with two attached hydrogens (primary N) is 1. The van der Waals surface area contributed by atoms with Crippen molar-refractivity contribution in [2.24, 2.45) is 7.05 Å². The number of hydrogen-bond donors (Lipinski definition) is 1. The molecule has 2 aromatic rings. The quantitative estimate of drug-likeness (QED) is 0.787. The third kappa shape index (κ3) is 3.14. The lowest BCUT2D eigenvalue weighted by atomic mass is 10.1. The summed E-state index contributed by atoms with van der Waals surface area (Å²) in [6, 6.07) is 7.32. The molecule has 0 aliphatic heterocycles. The summed E-state index contributed by atoms with van der Waals surface area (Å²) in [6.45, 7) is 0. The van der Waals surface area contributed by atoms with Gasteiger partial charge < -0.3 is 5.73 Å². The Hall–Kier alpha value is -2.17. The van der Waals surface area contributed by atoms with E-state index in [-0.39, 0.29) is 5.78 Å². The molecule has 0 aliphatic rings. The summed E-state index contributed by atoms with van der Waals surface area (Å²) >= 11 is 0. The molecular formula is C12H14N4O. The molecule has 88 valence electrons. The van der Waals surface area contributed by atoms with Crippen molar-refractivity contribution in [2.75, 3.05) is 5.73 Å². The Kier molecular flexibility index (Phi) is 3.18. The molecule has 1 aromatic carbocycles. The monoisotopic (exact) mass is 230 g/mol. The summed E-state index contributed by atoms with van der Waals surface area (Å²) in [6.07, 6.45) is 2.47. The normalized spacial score (nSPS) is 10.4. The van der Waals surface area contributed by atoms with E-state index in [1.165, 1.54) is 0 Å². The molecule has 5 heteroatoms. The van der Waals surface area contributed by atoms with Crippen molar-refractivity contribution in [3.8, 4) is 0 Å². The molecule has 0 amide bonds. The molecular weight excluding hydrogens is 216 g/mol. The Labute approximate surface area is 99.2 Å². The van der Waals surface area contributed by atoms with E-state index >= 15 is 0 Å². The highest BCUT2D eigenvalue weighted by atomic mass is 16.1. The van der Waals surface area contributed by atoms with Gasteiger partial charge in [0.25, 0.3) is 0 Å². The van der Waals surface area contributed by atoms with Gasteiger partial charge in [-0.3, -0.25) is 9.48 Å². The SMILES string of the molecule is Cn1cc(CC(=O)Cc2ccc(N)cc2)nn1. The molecule has 1 heterocycles. The number of anilines is 1. The summed E-state index contributed by atoms with van der Waals surface area (Å²) in [5.74, 6) is 0.121. The zero-order valence-corrected chi connectivity index (χ0v) is 9.63. The van der Waals surface area contributed by atoms with Crippen LogP contribution in [0.25, 0.3) is 0 Å². The second-order valence-corrected chi connectivity index (χ2v) is 4.02. The smallest absolute Gasteiger partial charge is 0.143 e. The van der Waals surface area contributed by atoms with Gasteiger partial charge >= 0.3 is 0 Å². The summed E-state index contributed by atoms with van der Waals surface area (Å²) in [7, 11) is 1.78. The maximum Gasteiger partial charge on any atom is 0.143 e. The van der Waals surface area contributed by atoms with Gasteiger partial charge in [0.15, 0.2) is 0 Å². The number of Topliss-reactive ketones (excluding diaryl/α,β-unsaturated/α-hetero) is 1. The molecule has 0 radical (unpaired) electrons. The van der Waals surface area contributed by atoms with Crippen LogP contribution in [-0.2, 0) is 24.7 Å². The first-order chi connectivity index (χ1) is 8.13. The number of ketones is 1. The Morgan fingerprint density at radius 1 is 1.29 bits per heavy atom. The molecule has 0 atom stereocenters. The van der Waals surface area contributed by atoms with E-state index in [4.69, 9.17) is 5.73 Å². The van der Waals surface area contributed by atoms with Gasteiger partial charge in [-0.2, -0.15) is 0 Å². The van der Waals surface area contributed by atoms with Crippen LogP contribution in [0.5, 0.6) is 0 Å². The number of carbonyl (C=O) groups excluding carboxylic acids is 1. The molecule has 17 heavy (non-hydrogen) atoms. The molecule has 2 N–H and O–H groups in total. The highest BCUT2D eigenvalue weighted by Crippen LogP contribution is 2.07. The van der Waals surface area contributed by atoms with Crippen molar-refractivity contribution in [2.45, 2.75) is 12.8 Å². The second-order valence-electron chi connectivity index (χ2n) is 4.02. The highest BCUT2D eigenvalue weighted by Gasteiger charge is 2.07. The van der Waals surface area contributed by atoms with Crippen LogP contribution < -0.4 is 5.73 Å². The fraction of sp³-hybridized carbons (Fsp3) is 0.250.